The summed E-state index contributed by atoms with van der Waals surface area (Å²) in [7, 11) is 0. The fourth-order valence-corrected chi connectivity index (χ4v) is 2.57. The Morgan fingerprint density at radius 1 is 1.27 bits per heavy atom. The highest BCUT2D eigenvalue weighted by molar-refractivity contribution is 7.99. The lowest BCUT2D eigenvalue weighted by molar-refractivity contribution is 0.343. The Balaban J connectivity index is 1.82. The molecule has 1 aromatic carbocycles. The van der Waals surface area contributed by atoms with Crippen molar-refractivity contribution < 1.29 is 4.74 Å². The minimum atomic E-state index is -0.242. The van der Waals surface area contributed by atoms with Crippen molar-refractivity contribution in [1.82, 2.24) is 9.97 Å². The molecule has 2 rings (SSSR count). The van der Waals surface area contributed by atoms with E-state index in [1.54, 1.807) is 0 Å². The van der Waals surface area contributed by atoms with Gasteiger partial charge in [-0.3, -0.25) is 4.79 Å². The molecular formula is C16H21N3O2S. The molecular weight excluding hydrogens is 298 g/mol. The summed E-state index contributed by atoms with van der Waals surface area (Å²) in [4.78, 5) is 17.9. The van der Waals surface area contributed by atoms with Crippen molar-refractivity contribution in [3.63, 3.8) is 0 Å². The number of nitrogens with two attached hydrogens (primary N) is 1. The van der Waals surface area contributed by atoms with Crippen molar-refractivity contribution in [2.75, 3.05) is 18.1 Å². The molecule has 0 atom stereocenters. The first-order chi connectivity index (χ1) is 10.3. The van der Waals surface area contributed by atoms with Crippen LogP contribution < -0.4 is 16.0 Å². The smallest absolute Gasteiger partial charge is 0.253 e. The van der Waals surface area contributed by atoms with Crippen molar-refractivity contribution in [2.24, 2.45) is 0 Å². The molecule has 1 aromatic heterocycles. The SMILES string of the molecule is CC(C)(C)c1ccc(OCCSc2nc(N)cc(=O)[nH]2)cc1. The predicted molar refractivity (Wildman–Crippen MR) is 90.6 cm³/mol. The Kier molecular flexibility index (Phi) is 5.13. The number of aromatic nitrogens is 2. The van der Waals surface area contributed by atoms with Gasteiger partial charge in [0.2, 0.25) is 0 Å². The molecule has 22 heavy (non-hydrogen) atoms. The van der Waals surface area contributed by atoms with Crippen molar-refractivity contribution >= 4 is 17.6 Å². The topological polar surface area (TPSA) is 81.0 Å². The van der Waals surface area contributed by atoms with Gasteiger partial charge in [0, 0.05) is 11.8 Å². The average Bonchev–Trinajstić information content (AvgIpc) is 2.42. The third kappa shape index (κ3) is 4.80. The average molecular weight is 319 g/mol. The van der Waals surface area contributed by atoms with Gasteiger partial charge in [0.25, 0.3) is 5.56 Å². The van der Waals surface area contributed by atoms with Gasteiger partial charge in [-0.1, -0.05) is 44.7 Å². The van der Waals surface area contributed by atoms with Gasteiger partial charge in [0.1, 0.15) is 11.6 Å². The fraction of sp³-hybridized carbons (Fsp3) is 0.375. The number of aromatic amines is 1. The maximum Gasteiger partial charge on any atom is 0.253 e. The van der Waals surface area contributed by atoms with Crippen LogP contribution in [0.3, 0.4) is 0 Å². The lowest BCUT2D eigenvalue weighted by Gasteiger charge is -2.19. The number of thioether (sulfide) groups is 1. The molecule has 0 bridgehead atoms. The zero-order chi connectivity index (χ0) is 16.2. The van der Waals surface area contributed by atoms with Crippen LogP contribution in [0.15, 0.2) is 40.3 Å². The number of nitrogens with zero attached hydrogens (tertiary/aromatic N) is 1. The van der Waals surface area contributed by atoms with E-state index in [0.717, 1.165) is 5.75 Å². The summed E-state index contributed by atoms with van der Waals surface area (Å²) in [5.41, 5.74) is 6.70. The zero-order valence-electron chi connectivity index (χ0n) is 13.1. The van der Waals surface area contributed by atoms with E-state index in [1.165, 1.54) is 23.4 Å². The van der Waals surface area contributed by atoms with E-state index in [2.05, 4.69) is 42.9 Å². The molecule has 0 aliphatic carbocycles. The predicted octanol–water partition coefficient (Wildman–Crippen LogP) is 2.82. The molecule has 1 heterocycles. The van der Waals surface area contributed by atoms with E-state index in [1.807, 2.05) is 12.1 Å². The number of H-pyrrole nitrogens is 1. The second kappa shape index (κ2) is 6.87. The van der Waals surface area contributed by atoms with Crippen LogP contribution in [0.1, 0.15) is 26.3 Å². The molecule has 0 aliphatic heterocycles. The number of hydrogen-bond donors (Lipinski definition) is 2. The standard InChI is InChI=1S/C16H21N3O2S/c1-16(2,3)11-4-6-12(7-5-11)21-8-9-22-15-18-13(17)10-14(20)19-15/h4-7,10H,8-9H2,1-3H3,(H3,17,18,19,20). The summed E-state index contributed by atoms with van der Waals surface area (Å²) in [5.74, 6) is 1.74. The normalized spacial score (nSPS) is 11.4. The van der Waals surface area contributed by atoms with E-state index >= 15 is 0 Å². The van der Waals surface area contributed by atoms with Gasteiger partial charge < -0.3 is 15.5 Å². The Labute approximate surface area is 134 Å². The van der Waals surface area contributed by atoms with Gasteiger partial charge in [-0.25, -0.2) is 4.98 Å². The van der Waals surface area contributed by atoms with Gasteiger partial charge in [-0.05, 0) is 23.1 Å². The molecule has 0 radical (unpaired) electrons. The Morgan fingerprint density at radius 2 is 1.95 bits per heavy atom. The molecule has 6 heteroatoms. The summed E-state index contributed by atoms with van der Waals surface area (Å²) in [6.45, 7) is 7.06. The number of benzene rings is 1. The second-order valence-corrected chi connectivity index (χ2v) is 7.03. The van der Waals surface area contributed by atoms with Crippen LogP contribution in [0.25, 0.3) is 0 Å². The Morgan fingerprint density at radius 3 is 2.55 bits per heavy atom. The number of anilines is 1. The minimum Gasteiger partial charge on any atom is -0.493 e. The van der Waals surface area contributed by atoms with E-state index in [4.69, 9.17) is 10.5 Å². The number of ether oxygens (including phenoxy) is 1. The molecule has 3 N–H and O–H groups in total. The second-order valence-electron chi connectivity index (χ2n) is 5.95. The first-order valence-electron chi connectivity index (χ1n) is 7.07. The summed E-state index contributed by atoms with van der Waals surface area (Å²) in [6, 6.07) is 9.38. The molecule has 2 aromatic rings. The van der Waals surface area contributed by atoms with E-state index in [0.29, 0.717) is 17.5 Å². The van der Waals surface area contributed by atoms with Gasteiger partial charge in [-0.15, -0.1) is 0 Å². The van der Waals surface area contributed by atoms with E-state index < -0.39 is 0 Å². The monoisotopic (exact) mass is 319 g/mol. The molecule has 0 saturated heterocycles. The lowest BCUT2D eigenvalue weighted by Crippen LogP contribution is -2.11. The zero-order valence-corrected chi connectivity index (χ0v) is 13.9. The van der Waals surface area contributed by atoms with Crippen LogP contribution >= 0.6 is 11.8 Å². The molecule has 0 saturated carbocycles. The lowest BCUT2D eigenvalue weighted by atomic mass is 9.87. The summed E-state index contributed by atoms with van der Waals surface area (Å²) in [5, 5.41) is 0.511. The van der Waals surface area contributed by atoms with Crippen LogP contribution in [0.2, 0.25) is 0 Å². The Bertz CT molecular complexity index is 675. The van der Waals surface area contributed by atoms with Gasteiger partial charge >= 0.3 is 0 Å². The highest BCUT2D eigenvalue weighted by atomic mass is 32.2. The summed E-state index contributed by atoms with van der Waals surface area (Å²) < 4.78 is 5.68. The number of nitrogen functional groups attached to an aromatic ring is 1. The third-order valence-corrected chi connectivity index (χ3v) is 3.89. The largest absolute Gasteiger partial charge is 0.493 e. The Hall–Kier alpha value is -1.95. The quantitative estimate of drug-likeness (QED) is 0.503. The van der Waals surface area contributed by atoms with Gasteiger partial charge in [-0.2, -0.15) is 0 Å². The maximum atomic E-state index is 11.3. The molecule has 0 spiro atoms. The first kappa shape index (κ1) is 16.4. The van der Waals surface area contributed by atoms with E-state index in [9.17, 15) is 4.79 Å². The van der Waals surface area contributed by atoms with Crippen LogP contribution in [0.4, 0.5) is 5.82 Å². The molecule has 0 fully saturated rings. The highest BCUT2D eigenvalue weighted by Gasteiger charge is 2.12. The molecule has 0 aliphatic rings. The van der Waals surface area contributed by atoms with Gasteiger partial charge in [0.15, 0.2) is 5.16 Å². The molecule has 118 valence electrons. The van der Waals surface area contributed by atoms with Crippen molar-refractivity contribution in [3.05, 3.63) is 46.2 Å². The van der Waals surface area contributed by atoms with Crippen LogP contribution in [0, 0.1) is 0 Å². The number of nitrogens with one attached hydrogen (secondary N) is 1. The number of rotatable bonds is 5. The molecule has 5 nitrogen and oxygen atoms in total. The van der Waals surface area contributed by atoms with Gasteiger partial charge in [0.05, 0.1) is 6.61 Å². The number of hydrogen-bond acceptors (Lipinski definition) is 5. The summed E-state index contributed by atoms with van der Waals surface area (Å²) in [6.07, 6.45) is 0. The maximum absolute atomic E-state index is 11.3. The highest BCUT2D eigenvalue weighted by Crippen LogP contribution is 2.24. The molecule has 0 unspecified atom stereocenters. The van der Waals surface area contributed by atoms with E-state index in [-0.39, 0.29) is 16.8 Å². The first-order valence-corrected chi connectivity index (χ1v) is 8.06. The van der Waals surface area contributed by atoms with Crippen molar-refractivity contribution in [3.8, 4) is 5.75 Å². The van der Waals surface area contributed by atoms with Crippen LogP contribution in [-0.4, -0.2) is 22.3 Å². The van der Waals surface area contributed by atoms with Crippen molar-refractivity contribution in [2.45, 2.75) is 31.3 Å². The van der Waals surface area contributed by atoms with Crippen molar-refractivity contribution in [1.29, 1.82) is 0 Å². The van der Waals surface area contributed by atoms with Crippen LogP contribution in [-0.2, 0) is 5.41 Å². The third-order valence-electron chi connectivity index (χ3n) is 3.05. The summed E-state index contributed by atoms with van der Waals surface area (Å²) >= 11 is 1.40. The molecule has 0 amide bonds. The van der Waals surface area contributed by atoms with Crippen LogP contribution in [0.5, 0.6) is 5.75 Å². The fourth-order valence-electron chi connectivity index (χ4n) is 1.87. The minimum absolute atomic E-state index is 0.138.